The highest BCUT2D eigenvalue weighted by atomic mass is 32.1. The van der Waals surface area contributed by atoms with Gasteiger partial charge in [-0.15, -0.1) is 11.3 Å². The smallest absolute Gasteiger partial charge is 0.0546 e. The molecule has 0 spiro atoms. The topological polar surface area (TPSA) is 3.24 Å². The third-order valence-electron chi connectivity index (χ3n) is 9.24. The summed E-state index contributed by atoms with van der Waals surface area (Å²) >= 11 is 1.88. The molecule has 1 aromatic heterocycles. The van der Waals surface area contributed by atoms with Crippen LogP contribution in [0.4, 0.5) is 17.1 Å². The minimum Gasteiger partial charge on any atom is -0.310 e. The Labute approximate surface area is 284 Å². The average molecular weight is 630 g/mol. The predicted molar refractivity (Wildman–Crippen MR) is 208 cm³/mol. The molecule has 0 fully saturated rings. The lowest BCUT2D eigenvalue weighted by molar-refractivity contribution is 1.28. The summed E-state index contributed by atoms with van der Waals surface area (Å²) in [4.78, 5) is 2.42. The van der Waals surface area contributed by atoms with E-state index < -0.39 is 0 Å². The Hall–Kier alpha value is -5.96. The van der Waals surface area contributed by atoms with Crippen LogP contribution in [0.25, 0.3) is 64.3 Å². The van der Waals surface area contributed by atoms with Gasteiger partial charge in [-0.1, -0.05) is 146 Å². The molecule has 0 aliphatic carbocycles. The van der Waals surface area contributed by atoms with Crippen LogP contribution in [0.1, 0.15) is 0 Å². The fourth-order valence-corrected chi connectivity index (χ4v) is 8.16. The molecule has 9 rings (SSSR count). The molecule has 0 saturated carbocycles. The fraction of sp³-hybridized carbons (Fsp3) is 0. The highest BCUT2D eigenvalue weighted by Crippen LogP contribution is 2.45. The normalized spacial score (nSPS) is 11.3. The highest BCUT2D eigenvalue weighted by molar-refractivity contribution is 7.26. The van der Waals surface area contributed by atoms with Crippen LogP contribution < -0.4 is 4.90 Å². The summed E-state index contributed by atoms with van der Waals surface area (Å²) in [5.41, 5.74) is 10.6. The Morgan fingerprint density at radius 1 is 0.354 bits per heavy atom. The fourth-order valence-electron chi connectivity index (χ4n) is 6.92. The first-order chi connectivity index (χ1) is 23.8. The summed E-state index contributed by atoms with van der Waals surface area (Å²) in [7, 11) is 0. The van der Waals surface area contributed by atoms with Gasteiger partial charge in [-0.25, -0.2) is 0 Å². The van der Waals surface area contributed by atoms with E-state index in [-0.39, 0.29) is 0 Å². The molecule has 0 atom stereocenters. The van der Waals surface area contributed by atoms with Crippen LogP contribution in [-0.4, -0.2) is 0 Å². The van der Waals surface area contributed by atoms with E-state index in [9.17, 15) is 0 Å². The van der Waals surface area contributed by atoms with Gasteiger partial charge in [0.1, 0.15) is 0 Å². The highest BCUT2D eigenvalue weighted by Gasteiger charge is 2.20. The van der Waals surface area contributed by atoms with Crippen LogP contribution in [0, 0.1) is 0 Å². The molecule has 9 aromatic rings. The van der Waals surface area contributed by atoms with Gasteiger partial charge in [0.2, 0.25) is 0 Å². The Morgan fingerprint density at radius 2 is 1.00 bits per heavy atom. The first kappa shape index (κ1) is 28.3. The van der Waals surface area contributed by atoms with Gasteiger partial charge in [0.05, 0.1) is 5.69 Å². The maximum Gasteiger partial charge on any atom is 0.0546 e. The van der Waals surface area contributed by atoms with E-state index in [1.807, 2.05) is 11.3 Å². The van der Waals surface area contributed by atoms with Crippen molar-refractivity contribution in [3.8, 4) is 33.4 Å². The van der Waals surface area contributed by atoms with Crippen molar-refractivity contribution in [1.82, 2.24) is 0 Å². The van der Waals surface area contributed by atoms with Crippen LogP contribution in [0.5, 0.6) is 0 Å². The number of rotatable bonds is 6. The lowest BCUT2D eigenvalue weighted by Gasteiger charge is -2.29. The summed E-state index contributed by atoms with van der Waals surface area (Å²) in [5.74, 6) is 0. The van der Waals surface area contributed by atoms with Crippen LogP contribution in [-0.2, 0) is 0 Å². The Balaban J connectivity index is 1.26. The monoisotopic (exact) mass is 629 g/mol. The minimum absolute atomic E-state index is 1.11. The zero-order valence-electron chi connectivity index (χ0n) is 26.3. The summed E-state index contributed by atoms with van der Waals surface area (Å²) in [6.07, 6.45) is 0. The molecule has 0 N–H and O–H groups in total. The van der Waals surface area contributed by atoms with Crippen molar-refractivity contribution in [2.24, 2.45) is 0 Å². The quantitative estimate of drug-likeness (QED) is 0.177. The summed E-state index contributed by atoms with van der Waals surface area (Å²) in [6, 6.07) is 68.2. The molecule has 0 radical (unpaired) electrons. The van der Waals surface area contributed by atoms with E-state index in [2.05, 4.69) is 193 Å². The number of fused-ring (bicyclic) bond motifs is 4. The number of hydrogen-bond acceptors (Lipinski definition) is 2. The van der Waals surface area contributed by atoms with Crippen LogP contribution >= 0.6 is 11.3 Å². The van der Waals surface area contributed by atoms with E-state index in [1.165, 1.54) is 64.3 Å². The first-order valence-electron chi connectivity index (χ1n) is 16.3. The van der Waals surface area contributed by atoms with Crippen LogP contribution in [0.2, 0.25) is 0 Å². The van der Waals surface area contributed by atoms with Crippen molar-refractivity contribution < 1.29 is 0 Å². The standard InChI is InChI=1S/C46H31NS/c1-3-14-33(15-4-1)40-28-27-36(35-26-25-32-13-7-8-16-34(32)29-35)31-44(40)47(38-18-5-2-6-19-38)39-20-11-17-37(30-39)41-22-12-23-43-42-21-9-10-24-45(42)48-46(41)43/h1-31H. The molecular weight excluding hydrogens is 599 g/mol. The molecule has 0 bridgehead atoms. The number of anilines is 3. The molecule has 2 heteroatoms. The first-order valence-corrected chi connectivity index (χ1v) is 17.2. The van der Waals surface area contributed by atoms with Gasteiger partial charge in [-0.3, -0.25) is 0 Å². The van der Waals surface area contributed by atoms with Crippen LogP contribution in [0.3, 0.4) is 0 Å². The van der Waals surface area contributed by atoms with Crippen molar-refractivity contribution >= 4 is 59.3 Å². The lowest BCUT2D eigenvalue weighted by Crippen LogP contribution is -2.11. The Morgan fingerprint density at radius 3 is 1.88 bits per heavy atom. The Bertz CT molecular complexity index is 2560. The molecule has 0 aliphatic heterocycles. The maximum absolute atomic E-state index is 2.42. The zero-order valence-corrected chi connectivity index (χ0v) is 27.1. The summed E-state index contributed by atoms with van der Waals surface area (Å²) in [5, 5.41) is 5.12. The molecule has 1 heterocycles. The van der Waals surface area contributed by atoms with E-state index in [4.69, 9.17) is 0 Å². The third kappa shape index (κ3) is 5.04. The molecule has 226 valence electrons. The van der Waals surface area contributed by atoms with Gasteiger partial charge in [-0.05, 0) is 81.1 Å². The van der Waals surface area contributed by atoms with Crippen molar-refractivity contribution in [2.45, 2.75) is 0 Å². The van der Waals surface area contributed by atoms with E-state index in [0.29, 0.717) is 0 Å². The number of nitrogens with zero attached hydrogens (tertiary/aromatic N) is 1. The van der Waals surface area contributed by atoms with E-state index in [0.717, 1.165) is 17.1 Å². The number of hydrogen-bond donors (Lipinski definition) is 0. The Kier molecular flexibility index (Phi) is 7.07. The van der Waals surface area contributed by atoms with Crippen molar-refractivity contribution in [3.05, 3.63) is 188 Å². The molecule has 48 heavy (non-hydrogen) atoms. The van der Waals surface area contributed by atoms with Gasteiger partial charge in [0.25, 0.3) is 0 Å². The SMILES string of the molecule is c1ccc(-c2ccc(-c3ccc4ccccc4c3)cc2N(c2ccccc2)c2cccc(-c3cccc4c3sc3ccccc34)c2)cc1. The van der Waals surface area contributed by atoms with Crippen molar-refractivity contribution in [1.29, 1.82) is 0 Å². The van der Waals surface area contributed by atoms with Gasteiger partial charge in [-0.2, -0.15) is 0 Å². The van der Waals surface area contributed by atoms with Gasteiger partial charge >= 0.3 is 0 Å². The number of para-hydroxylation sites is 1. The molecule has 8 aromatic carbocycles. The number of thiophene rings is 1. The maximum atomic E-state index is 2.42. The van der Waals surface area contributed by atoms with Crippen molar-refractivity contribution in [2.75, 3.05) is 4.90 Å². The molecule has 0 amide bonds. The molecular formula is C46H31NS. The number of benzene rings is 8. The van der Waals surface area contributed by atoms with Crippen molar-refractivity contribution in [3.63, 3.8) is 0 Å². The van der Waals surface area contributed by atoms with Gasteiger partial charge in [0, 0.05) is 37.1 Å². The van der Waals surface area contributed by atoms with Crippen LogP contribution in [0.15, 0.2) is 188 Å². The lowest BCUT2D eigenvalue weighted by atomic mass is 9.95. The summed E-state index contributed by atoms with van der Waals surface area (Å²) < 4.78 is 2.64. The molecule has 0 unspecified atom stereocenters. The van der Waals surface area contributed by atoms with E-state index >= 15 is 0 Å². The second-order valence-electron chi connectivity index (χ2n) is 12.2. The predicted octanol–water partition coefficient (Wildman–Crippen LogP) is 13.7. The molecule has 1 nitrogen and oxygen atoms in total. The van der Waals surface area contributed by atoms with Gasteiger partial charge in [0.15, 0.2) is 0 Å². The summed E-state index contributed by atoms with van der Waals surface area (Å²) in [6.45, 7) is 0. The second-order valence-corrected chi connectivity index (χ2v) is 13.2. The average Bonchev–Trinajstić information content (AvgIpc) is 3.55. The van der Waals surface area contributed by atoms with Gasteiger partial charge < -0.3 is 4.90 Å². The molecule has 0 saturated heterocycles. The molecule has 0 aliphatic rings. The minimum atomic E-state index is 1.11. The second kappa shape index (κ2) is 12.0. The van der Waals surface area contributed by atoms with E-state index in [1.54, 1.807) is 0 Å². The third-order valence-corrected chi connectivity index (χ3v) is 10.5. The zero-order chi connectivity index (χ0) is 31.9. The largest absolute Gasteiger partial charge is 0.310 e.